The minimum atomic E-state index is 0.496. The van der Waals surface area contributed by atoms with E-state index in [0.717, 1.165) is 50.4 Å². The van der Waals surface area contributed by atoms with Gasteiger partial charge < -0.3 is 9.47 Å². The Kier molecular flexibility index (Phi) is 4.12. The van der Waals surface area contributed by atoms with Gasteiger partial charge in [-0.2, -0.15) is 0 Å². The van der Waals surface area contributed by atoms with Gasteiger partial charge in [-0.3, -0.25) is 0 Å². The first-order valence-corrected chi connectivity index (χ1v) is 6.59. The molecule has 0 unspecified atom stereocenters. The first-order chi connectivity index (χ1) is 7.90. The molecular formula is C13H16O2S. The fourth-order valence-electron chi connectivity index (χ4n) is 1.77. The molecule has 2 rings (SSSR count). The summed E-state index contributed by atoms with van der Waals surface area (Å²) in [6, 6.07) is 0. The molecule has 0 aromatic carbocycles. The molecule has 1 aromatic heterocycles. The van der Waals surface area contributed by atoms with Crippen molar-refractivity contribution >= 4 is 11.3 Å². The lowest BCUT2D eigenvalue weighted by Gasteiger charge is -2.12. The van der Waals surface area contributed by atoms with Gasteiger partial charge in [0.2, 0.25) is 0 Å². The maximum atomic E-state index is 5.70. The fraction of sp³-hybridized carbons (Fsp3) is 0.538. The van der Waals surface area contributed by atoms with Crippen LogP contribution < -0.4 is 9.47 Å². The minimum Gasteiger partial charge on any atom is -0.488 e. The van der Waals surface area contributed by atoms with E-state index in [4.69, 9.17) is 15.9 Å². The molecule has 3 heteroatoms. The third kappa shape index (κ3) is 2.93. The largest absolute Gasteiger partial charge is 0.488 e. The second kappa shape index (κ2) is 5.81. The summed E-state index contributed by atoms with van der Waals surface area (Å²) in [5.74, 6) is 4.96. The molecule has 0 fully saturated rings. The Morgan fingerprint density at radius 2 is 1.94 bits per heavy atom. The van der Waals surface area contributed by atoms with Crippen LogP contribution in [0.15, 0.2) is 10.8 Å². The second-order valence-electron chi connectivity index (χ2n) is 4.04. The van der Waals surface area contributed by atoms with Gasteiger partial charge >= 0.3 is 0 Å². The summed E-state index contributed by atoms with van der Waals surface area (Å²) in [7, 11) is 0. The van der Waals surface area contributed by atoms with Crippen molar-refractivity contribution in [2.45, 2.75) is 25.7 Å². The summed E-state index contributed by atoms with van der Waals surface area (Å²) < 4.78 is 11.4. The van der Waals surface area contributed by atoms with E-state index in [2.05, 4.69) is 5.92 Å². The van der Waals surface area contributed by atoms with Gasteiger partial charge in [-0.15, -0.1) is 23.7 Å². The highest BCUT2D eigenvalue weighted by Crippen LogP contribution is 2.34. The lowest BCUT2D eigenvalue weighted by molar-refractivity contribution is 0.202. The van der Waals surface area contributed by atoms with Gasteiger partial charge in [0.15, 0.2) is 11.5 Å². The lowest BCUT2D eigenvalue weighted by atomic mass is 10.0. The molecule has 0 amide bonds. The van der Waals surface area contributed by atoms with E-state index in [9.17, 15) is 0 Å². The van der Waals surface area contributed by atoms with Crippen molar-refractivity contribution < 1.29 is 9.47 Å². The average molecular weight is 236 g/mol. The highest BCUT2D eigenvalue weighted by Gasteiger charge is 2.18. The van der Waals surface area contributed by atoms with E-state index in [1.165, 1.54) is 0 Å². The summed E-state index contributed by atoms with van der Waals surface area (Å²) in [6.45, 7) is 1.53. The predicted octanol–water partition coefficient (Wildman–Crippen LogP) is 3.33. The number of hydrogen-bond donors (Lipinski definition) is 0. The van der Waals surface area contributed by atoms with E-state index in [1.807, 2.05) is 10.8 Å². The van der Waals surface area contributed by atoms with E-state index in [1.54, 1.807) is 11.3 Å². The summed E-state index contributed by atoms with van der Waals surface area (Å²) >= 11 is 1.62. The van der Waals surface area contributed by atoms with E-state index in [0.29, 0.717) is 5.92 Å². The van der Waals surface area contributed by atoms with Crippen LogP contribution in [0, 0.1) is 18.3 Å². The molecule has 0 aliphatic carbocycles. The number of hydrogen-bond acceptors (Lipinski definition) is 3. The normalized spacial score (nSPS) is 15.4. The van der Waals surface area contributed by atoms with Crippen molar-refractivity contribution in [3.8, 4) is 23.8 Å². The maximum Gasteiger partial charge on any atom is 0.171 e. The van der Waals surface area contributed by atoms with E-state index in [-0.39, 0.29) is 0 Å². The van der Waals surface area contributed by atoms with E-state index < -0.39 is 0 Å². The molecule has 0 radical (unpaired) electrons. The molecule has 0 atom stereocenters. The molecule has 0 bridgehead atoms. The summed E-state index contributed by atoms with van der Waals surface area (Å²) in [5.41, 5.74) is 0. The van der Waals surface area contributed by atoms with Gasteiger partial charge in [0.05, 0.1) is 13.2 Å². The fourth-order valence-corrected chi connectivity index (χ4v) is 2.46. The van der Waals surface area contributed by atoms with Crippen molar-refractivity contribution in [1.82, 2.24) is 0 Å². The molecular weight excluding hydrogens is 220 g/mol. The van der Waals surface area contributed by atoms with Crippen LogP contribution >= 0.6 is 11.3 Å². The first kappa shape index (κ1) is 11.3. The van der Waals surface area contributed by atoms with Crippen molar-refractivity contribution in [3.63, 3.8) is 0 Å². The van der Waals surface area contributed by atoms with Gasteiger partial charge in [-0.25, -0.2) is 0 Å². The number of ether oxygens (including phenoxy) is 2. The van der Waals surface area contributed by atoms with Crippen molar-refractivity contribution in [1.29, 1.82) is 0 Å². The highest BCUT2D eigenvalue weighted by atomic mass is 32.1. The lowest BCUT2D eigenvalue weighted by Crippen LogP contribution is -2.16. The molecule has 2 nitrogen and oxygen atoms in total. The molecule has 0 N–H and O–H groups in total. The molecule has 0 spiro atoms. The van der Waals surface area contributed by atoms with Crippen LogP contribution in [-0.4, -0.2) is 13.2 Å². The Balaban J connectivity index is 1.75. The average Bonchev–Trinajstić information content (AvgIpc) is 2.67. The number of unbranched alkanes of at least 4 members (excludes halogenated alkanes) is 2. The number of rotatable bonds is 4. The number of fused-ring (bicyclic) bond motifs is 1. The number of thiophene rings is 1. The molecule has 0 saturated heterocycles. The van der Waals surface area contributed by atoms with Crippen LogP contribution in [0.4, 0.5) is 0 Å². The van der Waals surface area contributed by atoms with Crippen LogP contribution in [0.1, 0.15) is 25.7 Å². The Hall–Kier alpha value is -1.14. The Bertz CT molecular complexity index is 342. The van der Waals surface area contributed by atoms with Crippen LogP contribution in [0.3, 0.4) is 0 Å². The highest BCUT2D eigenvalue weighted by molar-refractivity contribution is 7.08. The molecule has 1 aliphatic heterocycles. The zero-order valence-corrected chi connectivity index (χ0v) is 10.1. The Labute approximate surface area is 101 Å². The van der Waals surface area contributed by atoms with Crippen LogP contribution in [-0.2, 0) is 0 Å². The second-order valence-corrected chi connectivity index (χ2v) is 4.78. The third-order valence-corrected chi connectivity index (χ3v) is 3.43. The van der Waals surface area contributed by atoms with Crippen LogP contribution in [0.25, 0.3) is 0 Å². The smallest absolute Gasteiger partial charge is 0.171 e. The molecule has 2 heterocycles. The molecule has 0 saturated carbocycles. The minimum absolute atomic E-state index is 0.496. The van der Waals surface area contributed by atoms with Crippen LogP contribution in [0.5, 0.6) is 11.5 Å². The molecule has 1 aromatic rings. The summed E-state index contributed by atoms with van der Waals surface area (Å²) in [6.07, 6.45) is 9.50. The van der Waals surface area contributed by atoms with Gasteiger partial charge in [-0.05, 0) is 12.8 Å². The van der Waals surface area contributed by atoms with Crippen LogP contribution in [0.2, 0.25) is 0 Å². The van der Waals surface area contributed by atoms with Crippen molar-refractivity contribution in [2.75, 3.05) is 13.2 Å². The topological polar surface area (TPSA) is 18.5 Å². The Morgan fingerprint density at radius 3 is 2.56 bits per heavy atom. The number of terminal acetylenes is 1. The Morgan fingerprint density at radius 1 is 1.25 bits per heavy atom. The van der Waals surface area contributed by atoms with Gasteiger partial charge in [0.25, 0.3) is 0 Å². The third-order valence-electron chi connectivity index (χ3n) is 2.73. The monoisotopic (exact) mass is 236 g/mol. The molecule has 86 valence electrons. The van der Waals surface area contributed by atoms with Gasteiger partial charge in [0, 0.05) is 23.1 Å². The summed E-state index contributed by atoms with van der Waals surface area (Å²) in [5, 5.41) is 3.99. The van der Waals surface area contributed by atoms with Crippen molar-refractivity contribution in [3.05, 3.63) is 10.8 Å². The van der Waals surface area contributed by atoms with Gasteiger partial charge in [0.1, 0.15) is 0 Å². The standard InChI is InChI=1S/C13H16O2S/c1-2-3-4-5-6-11-7-14-12-9-16-10-13(12)15-8-11/h1,9-11H,3-8H2. The predicted molar refractivity (Wildman–Crippen MR) is 66.1 cm³/mol. The molecule has 1 aliphatic rings. The summed E-state index contributed by atoms with van der Waals surface area (Å²) in [4.78, 5) is 0. The van der Waals surface area contributed by atoms with E-state index >= 15 is 0 Å². The quantitative estimate of drug-likeness (QED) is 0.589. The SMILES string of the molecule is C#CCCCCC1COc2cscc2OC1. The first-order valence-electron chi connectivity index (χ1n) is 5.65. The molecule has 16 heavy (non-hydrogen) atoms. The van der Waals surface area contributed by atoms with Crippen molar-refractivity contribution in [2.24, 2.45) is 5.92 Å². The maximum absolute atomic E-state index is 5.70. The zero-order valence-electron chi connectivity index (χ0n) is 9.28. The zero-order chi connectivity index (χ0) is 11.2. The van der Waals surface area contributed by atoms with Gasteiger partial charge in [-0.1, -0.05) is 6.42 Å².